The zero-order valence-corrected chi connectivity index (χ0v) is 16.3. The van der Waals surface area contributed by atoms with Crippen molar-refractivity contribution in [2.24, 2.45) is 0 Å². The van der Waals surface area contributed by atoms with Crippen LogP contribution in [0, 0.1) is 0 Å². The summed E-state index contributed by atoms with van der Waals surface area (Å²) in [6.07, 6.45) is 4.38. The van der Waals surface area contributed by atoms with Gasteiger partial charge in [-0.1, -0.05) is 68.8 Å². The molecule has 3 rings (SSSR count). The van der Waals surface area contributed by atoms with Crippen molar-refractivity contribution in [2.75, 3.05) is 6.61 Å². The maximum absolute atomic E-state index is 11.2. The lowest BCUT2D eigenvalue weighted by Crippen LogP contribution is -2.05. The summed E-state index contributed by atoms with van der Waals surface area (Å²) < 4.78 is 6.01. The lowest BCUT2D eigenvalue weighted by molar-refractivity contribution is -0.136. The van der Waals surface area contributed by atoms with E-state index in [-0.39, 0.29) is 25.3 Å². The van der Waals surface area contributed by atoms with E-state index in [1.165, 1.54) is 6.07 Å². The number of aryl methyl sites for hydroxylation is 1. The lowest BCUT2D eigenvalue weighted by atomic mass is 10.0. The molecule has 160 valence electrons. The maximum atomic E-state index is 11.2. The second-order valence-electron chi connectivity index (χ2n) is 7.14. The lowest BCUT2D eigenvalue weighted by Gasteiger charge is -2.14. The van der Waals surface area contributed by atoms with Crippen LogP contribution in [0.15, 0.2) is 54.6 Å². The number of carbonyl (C=O) groups is 1. The molecule has 0 fully saturated rings. The molecule has 0 aromatic heterocycles. The molecule has 0 saturated carbocycles. The molecule has 5 nitrogen and oxygen atoms in total. The first-order valence-corrected chi connectivity index (χ1v) is 9.91. The van der Waals surface area contributed by atoms with Crippen LogP contribution in [0.1, 0.15) is 44.2 Å². The predicted molar refractivity (Wildman–Crippen MR) is 119 cm³/mol. The van der Waals surface area contributed by atoms with Crippen LogP contribution in [0.4, 0.5) is 0 Å². The maximum Gasteiger partial charge on any atom is 0.307 e. The second-order valence-corrected chi connectivity index (χ2v) is 7.14. The van der Waals surface area contributed by atoms with Gasteiger partial charge in [0.25, 0.3) is 0 Å². The number of hydrogen-bond acceptors (Lipinski definition) is 4. The summed E-state index contributed by atoms with van der Waals surface area (Å²) in [4.78, 5) is 11.2. The topological polar surface area (TPSA) is 87.0 Å². The van der Waals surface area contributed by atoms with Gasteiger partial charge in [0.2, 0.25) is 0 Å². The zero-order valence-electron chi connectivity index (χ0n) is 16.3. The molecule has 0 radical (unpaired) electrons. The fraction of sp³-hybridized carbons (Fsp3) is 0.320. The molecule has 3 aromatic carbocycles. The van der Waals surface area contributed by atoms with Gasteiger partial charge < -0.3 is 20.1 Å². The molecule has 5 heteroatoms. The third-order valence-electron chi connectivity index (χ3n) is 4.99. The van der Waals surface area contributed by atoms with E-state index in [4.69, 9.17) is 4.74 Å². The number of rotatable bonds is 10. The standard InChI is InChI=1S/C24H26O5.CH4/c25-21-12-7-10-18(23(21)28)9-3-1-2-6-15-29-24-19(16-22(26)27)14-13-17-8-4-5-11-20(17)24;/h4-5,7-8,10-14,25,28H,1-3,6,9,15-16H2,(H,26,27);1H4. The number of aliphatic carboxylic acids is 1. The summed E-state index contributed by atoms with van der Waals surface area (Å²) in [5, 5.41) is 30.5. The Morgan fingerprint density at radius 2 is 1.60 bits per heavy atom. The number of benzene rings is 3. The van der Waals surface area contributed by atoms with Crippen LogP contribution >= 0.6 is 0 Å². The average Bonchev–Trinajstić information content (AvgIpc) is 2.71. The molecule has 0 bridgehead atoms. The van der Waals surface area contributed by atoms with Crippen molar-refractivity contribution in [3.63, 3.8) is 0 Å². The number of carboxylic acid groups (broad SMARTS) is 1. The first-order chi connectivity index (χ1) is 14.1. The van der Waals surface area contributed by atoms with Crippen molar-refractivity contribution in [1.29, 1.82) is 0 Å². The molecule has 0 aliphatic rings. The SMILES string of the molecule is C.O=C(O)Cc1ccc2ccccc2c1OCCCCCCc1cccc(O)c1O. The van der Waals surface area contributed by atoms with Crippen molar-refractivity contribution >= 4 is 16.7 Å². The molecule has 0 spiro atoms. The number of aromatic hydroxyl groups is 2. The van der Waals surface area contributed by atoms with Gasteiger partial charge in [-0.05, 0) is 36.3 Å². The minimum atomic E-state index is -0.875. The number of hydrogen-bond donors (Lipinski definition) is 3. The minimum absolute atomic E-state index is 0. The number of unbranched alkanes of at least 4 members (excludes halogenated alkanes) is 3. The Morgan fingerprint density at radius 1 is 0.833 bits per heavy atom. The van der Waals surface area contributed by atoms with Crippen molar-refractivity contribution in [3.05, 3.63) is 65.7 Å². The monoisotopic (exact) mass is 410 g/mol. The molecular weight excluding hydrogens is 380 g/mol. The van der Waals surface area contributed by atoms with Crippen LogP contribution in [-0.2, 0) is 17.6 Å². The van der Waals surface area contributed by atoms with Crippen molar-refractivity contribution in [1.82, 2.24) is 0 Å². The third kappa shape index (κ3) is 5.89. The van der Waals surface area contributed by atoms with E-state index in [2.05, 4.69) is 0 Å². The van der Waals surface area contributed by atoms with Gasteiger partial charge in [-0.15, -0.1) is 0 Å². The summed E-state index contributed by atoms with van der Waals surface area (Å²) in [6.45, 7) is 0.526. The first kappa shape index (κ1) is 23.1. The molecular formula is C25H30O5. The summed E-state index contributed by atoms with van der Waals surface area (Å²) in [5.74, 6) is -0.323. The van der Waals surface area contributed by atoms with E-state index in [9.17, 15) is 20.1 Å². The fourth-order valence-corrected chi connectivity index (χ4v) is 3.49. The van der Waals surface area contributed by atoms with Crippen molar-refractivity contribution in [2.45, 2.75) is 46.0 Å². The van der Waals surface area contributed by atoms with Gasteiger partial charge in [0.15, 0.2) is 11.5 Å². The molecule has 0 saturated heterocycles. The van der Waals surface area contributed by atoms with E-state index >= 15 is 0 Å². The highest BCUT2D eigenvalue weighted by atomic mass is 16.5. The van der Waals surface area contributed by atoms with E-state index in [1.807, 2.05) is 42.5 Å². The molecule has 0 aliphatic heterocycles. The van der Waals surface area contributed by atoms with Crippen LogP contribution in [-0.4, -0.2) is 27.9 Å². The molecule has 3 aromatic rings. The third-order valence-corrected chi connectivity index (χ3v) is 4.99. The molecule has 30 heavy (non-hydrogen) atoms. The summed E-state index contributed by atoms with van der Waals surface area (Å²) >= 11 is 0. The van der Waals surface area contributed by atoms with E-state index in [1.54, 1.807) is 6.07 Å². The summed E-state index contributed by atoms with van der Waals surface area (Å²) in [5.41, 5.74) is 1.45. The highest BCUT2D eigenvalue weighted by Crippen LogP contribution is 2.31. The molecule has 0 aliphatic carbocycles. The average molecular weight is 411 g/mol. The van der Waals surface area contributed by atoms with Crippen LogP contribution in [0.3, 0.4) is 0 Å². The number of para-hydroxylation sites is 1. The quantitative estimate of drug-likeness (QED) is 0.295. The molecule has 0 atom stereocenters. The Kier molecular flexibility index (Phi) is 8.54. The van der Waals surface area contributed by atoms with Gasteiger partial charge in [-0.2, -0.15) is 0 Å². The highest BCUT2D eigenvalue weighted by molar-refractivity contribution is 5.90. The zero-order chi connectivity index (χ0) is 20.6. The Balaban J connectivity index is 0.00000320. The number of fused-ring (bicyclic) bond motifs is 1. The van der Waals surface area contributed by atoms with Crippen LogP contribution in [0.5, 0.6) is 17.2 Å². The normalized spacial score (nSPS) is 10.5. The van der Waals surface area contributed by atoms with Crippen LogP contribution in [0.2, 0.25) is 0 Å². The van der Waals surface area contributed by atoms with Crippen molar-refractivity contribution < 1.29 is 24.9 Å². The summed E-state index contributed by atoms with van der Waals surface area (Å²) in [7, 11) is 0. The summed E-state index contributed by atoms with van der Waals surface area (Å²) in [6, 6.07) is 16.6. The number of ether oxygens (including phenoxy) is 1. The van der Waals surface area contributed by atoms with Gasteiger partial charge in [-0.25, -0.2) is 0 Å². The van der Waals surface area contributed by atoms with Crippen LogP contribution in [0.25, 0.3) is 10.8 Å². The molecule has 0 unspecified atom stereocenters. The molecule has 0 amide bonds. The number of carboxylic acids is 1. The van der Waals surface area contributed by atoms with Gasteiger partial charge in [0.1, 0.15) is 5.75 Å². The molecule has 0 heterocycles. The first-order valence-electron chi connectivity index (χ1n) is 9.91. The van der Waals surface area contributed by atoms with Gasteiger partial charge in [-0.3, -0.25) is 4.79 Å². The van der Waals surface area contributed by atoms with E-state index in [0.29, 0.717) is 24.3 Å². The fourth-order valence-electron chi connectivity index (χ4n) is 3.49. The van der Waals surface area contributed by atoms with E-state index < -0.39 is 5.97 Å². The van der Waals surface area contributed by atoms with Crippen LogP contribution < -0.4 is 4.74 Å². The van der Waals surface area contributed by atoms with Gasteiger partial charge in [0, 0.05) is 10.9 Å². The Morgan fingerprint density at radius 3 is 2.40 bits per heavy atom. The Labute approximate surface area is 177 Å². The second kappa shape index (κ2) is 11.1. The number of phenolic OH excluding ortho intramolecular Hbond substituents is 2. The molecule has 3 N–H and O–H groups in total. The minimum Gasteiger partial charge on any atom is -0.504 e. The van der Waals surface area contributed by atoms with Gasteiger partial charge >= 0.3 is 5.97 Å². The Hall–Kier alpha value is -3.21. The van der Waals surface area contributed by atoms with E-state index in [0.717, 1.165) is 42.0 Å². The van der Waals surface area contributed by atoms with Crippen molar-refractivity contribution in [3.8, 4) is 17.2 Å². The predicted octanol–water partition coefficient (Wildman–Crippen LogP) is 5.70. The highest BCUT2D eigenvalue weighted by Gasteiger charge is 2.12. The smallest absolute Gasteiger partial charge is 0.307 e. The number of phenols is 2. The largest absolute Gasteiger partial charge is 0.504 e. The Bertz CT molecular complexity index is 980. The van der Waals surface area contributed by atoms with Gasteiger partial charge in [0.05, 0.1) is 13.0 Å².